The van der Waals surface area contributed by atoms with Crippen molar-refractivity contribution >= 4 is 60.7 Å². The molecule has 1 aliphatic rings. The Balaban J connectivity index is 1.99. The van der Waals surface area contributed by atoms with Crippen LogP contribution in [-0.2, 0) is 0 Å². The minimum atomic E-state index is -2.53. The standard InChI is InChI=1S/C26H20Br2O2Si/c1-29-23-13-19-20-14-24(30-2)22(28)16-26(20)31(25(19)15-21(23)27,17-9-5-3-6-10-17)18-11-7-4-8-12-18/h3-16H,1-2H3. The van der Waals surface area contributed by atoms with Crippen LogP contribution in [0.5, 0.6) is 11.5 Å². The highest BCUT2D eigenvalue weighted by Gasteiger charge is 2.49. The summed E-state index contributed by atoms with van der Waals surface area (Å²) in [6.07, 6.45) is 0. The quantitative estimate of drug-likeness (QED) is 0.304. The van der Waals surface area contributed by atoms with Gasteiger partial charge in [-0.05, 0) is 88.0 Å². The third-order valence-corrected chi connectivity index (χ3v) is 12.2. The van der Waals surface area contributed by atoms with Crippen molar-refractivity contribution in [1.82, 2.24) is 0 Å². The van der Waals surface area contributed by atoms with Gasteiger partial charge in [0.1, 0.15) is 11.5 Å². The third kappa shape index (κ3) is 3.02. The number of ether oxygens (including phenoxy) is 2. The van der Waals surface area contributed by atoms with Crippen molar-refractivity contribution in [2.75, 3.05) is 14.2 Å². The van der Waals surface area contributed by atoms with Crippen molar-refractivity contribution < 1.29 is 9.47 Å². The molecular weight excluding hydrogens is 532 g/mol. The molecule has 0 aliphatic carbocycles. The average molecular weight is 552 g/mol. The molecule has 2 nitrogen and oxygen atoms in total. The Morgan fingerprint density at radius 3 is 1.32 bits per heavy atom. The Hall–Kier alpha value is -2.34. The molecule has 0 fully saturated rings. The highest BCUT2D eigenvalue weighted by atomic mass is 79.9. The van der Waals surface area contributed by atoms with E-state index in [-0.39, 0.29) is 0 Å². The van der Waals surface area contributed by atoms with E-state index in [1.165, 1.54) is 31.9 Å². The highest BCUT2D eigenvalue weighted by Crippen LogP contribution is 2.38. The third-order valence-electron chi connectivity index (χ3n) is 6.10. The summed E-state index contributed by atoms with van der Waals surface area (Å²) in [6, 6.07) is 30.7. The van der Waals surface area contributed by atoms with Crippen LogP contribution in [0.2, 0.25) is 0 Å². The molecule has 4 aromatic carbocycles. The second-order valence-corrected chi connectivity index (χ2v) is 13.0. The minimum Gasteiger partial charge on any atom is -0.496 e. The first kappa shape index (κ1) is 20.6. The van der Waals surface area contributed by atoms with Gasteiger partial charge < -0.3 is 9.47 Å². The number of hydrogen-bond acceptors (Lipinski definition) is 2. The predicted molar refractivity (Wildman–Crippen MR) is 138 cm³/mol. The van der Waals surface area contributed by atoms with Crippen molar-refractivity contribution in [2.45, 2.75) is 0 Å². The first-order chi connectivity index (χ1) is 15.1. The summed E-state index contributed by atoms with van der Waals surface area (Å²) in [5.74, 6) is 1.66. The summed E-state index contributed by atoms with van der Waals surface area (Å²) >= 11 is 7.51. The van der Waals surface area contributed by atoms with Gasteiger partial charge in [-0.1, -0.05) is 60.7 Å². The van der Waals surface area contributed by atoms with Crippen LogP contribution >= 0.6 is 31.9 Å². The lowest BCUT2D eigenvalue weighted by Gasteiger charge is -2.31. The monoisotopic (exact) mass is 550 g/mol. The Morgan fingerprint density at radius 2 is 0.968 bits per heavy atom. The summed E-state index contributed by atoms with van der Waals surface area (Å²) < 4.78 is 13.3. The van der Waals surface area contributed by atoms with Crippen LogP contribution in [0.4, 0.5) is 0 Å². The molecule has 154 valence electrons. The molecular formula is C26H20Br2O2Si. The molecule has 1 heterocycles. The molecule has 0 unspecified atom stereocenters. The van der Waals surface area contributed by atoms with Gasteiger partial charge in [0.15, 0.2) is 8.07 Å². The Bertz CT molecular complexity index is 1170. The fourth-order valence-corrected chi connectivity index (χ4v) is 11.4. The van der Waals surface area contributed by atoms with E-state index in [2.05, 4.69) is 117 Å². The normalized spacial score (nSPS) is 13.4. The molecule has 0 saturated heterocycles. The lowest BCUT2D eigenvalue weighted by molar-refractivity contribution is 0.412. The van der Waals surface area contributed by atoms with Crippen molar-refractivity contribution in [2.24, 2.45) is 0 Å². The van der Waals surface area contributed by atoms with Crippen LogP contribution < -0.4 is 30.2 Å². The maximum absolute atomic E-state index is 5.67. The number of halogens is 2. The van der Waals surface area contributed by atoms with E-state index in [9.17, 15) is 0 Å². The topological polar surface area (TPSA) is 18.5 Å². The van der Waals surface area contributed by atoms with Gasteiger partial charge in [0.25, 0.3) is 0 Å². The van der Waals surface area contributed by atoms with Crippen LogP contribution in [-0.4, -0.2) is 22.3 Å². The fourth-order valence-electron chi connectivity index (χ4n) is 4.80. The van der Waals surface area contributed by atoms with Gasteiger partial charge >= 0.3 is 0 Å². The average Bonchev–Trinajstić information content (AvgIpc) is 3.07. The summed E-state index contributed by atoms with van der Waals surface area (Å²) in [7, 11) is 0.893. The van der Waals surface area contributed by atoms with E-state index < -0.39 is 8.07 Å². The Kier molecular flexibility index (Phi) is 5.28. The van der Waals surface area contributed by atoms with Crippen molar-refractivity contribution in [3.05, 3.63) is 93.9 Å². The van der Waals surface area contributed by atoms with Crippen LogP contribution in [0.3, 0.4) is 0 Å². The van der Waals surface area contributed by atoms with Crippen LogP contribution in [0.15, 0.2) is 93.9 Å². The molecule has 31 heavy (non-hydrogen) atoms. The molecule has 5 heteroatoms. The first-order valence-corrected chi connectivity index (χ1v) is 13.6. The van der Waals surface area contributed by atoms with Gasteiger partial charge in [-0.3, -0.25) is 0 Å². The summed E-state index contributed by atoms with van der Waals surface area (Å²) in [4.78, 5) is 0. The molecule has 0 atom stereocenters. The number of methoxy groups -OCH3 is 2. The van der Waals surface area contributed by atoms with Crippen LogP contribution in [0.25, 0.3) is 11.1 Å². The molecule has 0 N–H and O–H groups in total. The zero-order chi connectivity index (χ0) is 21.6. The minimum absolute atomic E-state index is 0.831. The van der Waals surface area contributed by atoms with Gasteiger partial charge in [0.2, 0.25) is 0 Å². The van der Waals surface area contributed by atoms with E-state index >= 15 is 0 Å². The molecule has 0 spiro atoms. The molecule has 0 saturated carbocycles. The lowest BCUT2D eigenvalue weighted by Crippen LogP contribution is -2.72. The van der Waals surface area contributed by atoms with E-state index in [1.54, 1.807) is 14.2 Å². The Morgan fingerprint density at radius 1 is 0.581 bits per heavy atom. The highest BCUT2D eigenvalue weighted by molar-refractivity contribution is 9.11. The molecule has 0 radical (unpaired) electrons. The van der Waals surface area contributed by atoms with E-state index in [0.29, 0.717) is 0 Å². The summed E-state index contributed by atoms with van der Waals surface area (Å²) in [6.45, 7) is 0. The first-order valence-electron chi connectivity index (χ1n) is 9.98. The smallest absolute Gasteiger partial charge is 0.180 e. The summed E-state index contributed by atoms with van der Waals surface area (Å²) in [5, 5.41) is 5.42. The van der Waals surface area contributed by atoms with Crippen molar-refractivity contribution in [3.8, 4) is 22.6 Å². The number of rotatable bonds is 4. The predicted octanol–water partition coefficient (Wildman–Crippen LogP) is 4.59. The number of benzene rings is 4. The molecule has 0 bridgehead atoms. The second-order valence-electron chi connectivity index (χ2n) is 7.55. The van der Waals surface area contributed by atoms with Gasteiger partial charge in [-0.15, -0.1) is 0 Å². The van der Waals surface area contributed by atoms with E-state index in [0.717, 1.165) is 20.4 Å². The van der Waals surface area contributed by atoms with Crippen molar-refractivity contribution in [3.63, 3.8) is 0 Å². The largest absolute Gasteiger partial charge is 0.496 e. The lowest BCUT2D eigenvalue weighted by atomic mass is 10.1. The maximum Gasteiger partial charge on any atom is 0.180 e. The van der Waals surface area contributed by atoms with Gasteiger partial charge in [0.05, 0.1) is 23.2 Å². The van der Waals surface area contributed by atoms with E-state index in [4.69, 9.17) is 9.47 Å². The molecule has 1 aliphatic heterocycles. The zero-order valence-corrected chi connectivity index (χ0v) is 21.3. The van der Waals surface area contributed by atoms with Gasteiger partial charge in [-0.2, -0.15) is 0 Å². The molecule has 5 rings (SSSR count). The summed E-state index contributed by atoms with van der Waals surface area (Å²) in [5.41, 5.74) is 2.42. The molecule has 0 aromatic heterocycles. The molecule has 0 amide bonds. The van der Waals surface area contributed by atoms with Crippen LogP contribution in [0, 0.1) is 0 Å². The van der Waals surface area contributed by atoms with Gasteiger partial charge in [-0.25, -0.2) is 0 Å². The Labute approximate surface area is 200 Å². The van der Waals surface area contributed by atoms with Gasteiger partial charge in [0, 0.05) is 0 Å². The van der Waals surface area contributed by atoms with E-state index in [1.807, 2.05) is 0 Å². The molecule has 4 aromatic rings. The van der Waals surface area contributed by atoms with Crippen molar-refractivity contribution in [1.29, 1.82) is 0 Å². The number of hydrogen-bond donors (Lipinski definition) is 0. The number of fused-ring (bicyclic) bond motifs is 3. The second kappa shape index (κ2) is 7.97. The fraction of sp³-hybridized carbons (Fsp3) is 0.0769. The maximum atomic E-state index is 5.67. The SMILES string of the molecule is COc1cc2c(cc1Br)[Si](c1ccccc1)(c1ccccc1)c1cc(Br)c(OC)cc1-2. The zero-order valence-electron chi connectivity index (χ0n) is 17.2. The van der Waals surface area contributed by atoms with Crippen LogP contribution in [0.1, 0.15) is 0 Å².